The van der Waals surface area contributed by atoms with Crippen molar-refractivity contribution in [1.29, 1.82) is 0 Å². The van der Waals surface area contributed by atoms with Gasteiger partial charge in [-0.1, -0.05) is 50.8 Å². The summed E-state index contributed by atoms with van der Waals surface area (Å²) in [5, 5.41) is 0. The maximum atomic E-state index is 13.7. The van der Waals surface area contributed by atoms with Gasteiger partial charge in [-0.3, -0.25) is 0 Å². The number of ether oxygens (including phenoxy) is 1. The number of carbonyl (C=O) groups excluding carboxylic acids is 1. The molecule has 1 fully saturated rings. The highest BCUT2D eigenvalue weighted by Crippen LogP contribution is 2.61. The van der Waals surface area contributed by atoms with Crippen LogP contribution in [0.1, 0.15) is 95.7 Å². The monoisotopic (exact) mass is 560 g/mol. The normalized spacial score (nSPS) is 24.0. The second-order valence-corrected chi connectivity index (χ2v) is 14.1. The van der Waals surface area contributed by atoms with Crippen molar-refractivity contribution in [2.75, 3.05) is 23.9 Å². The maximum Gasteiger partial charge on any atom is 0.339 e. The molecule has 42 heavy (non-hydrogen) atoms. The van der Waals surface area contributed by atoms with Crippen LogP contribution >= 0.6 is 0 Å². The summed E-state index contributed by atoms with van der Waals surface area (Å²) in [5.41, 5.74) is 11.4. The molecule has 0 aromatic heterocycles. The van der Waals surface area contributed by atoms with Crippen molar-refractivity contribution >= 4 is 28.5 Å². The van der Waals surface area contributed by atoms with E-state index in [0.717, 1.165) is 16.7 Å². The third kappa shape index (κ3) is 3.44. The number of esters is 1. The average molecular weight is 561 g/mol. The first-order valence-corrected chi connectivity index (χ1v) is 15.0. The summed E-state index contributed by atoms with van der Waals surface area (Å²) in [6.45, 7) is 24.0. The van der Waals surface area contributed by atoms with Gasteiger partial charge in [0.1, 0.15) is 0 Å². The first-order valence-electron chi connectivity index (χ1n) is 15.0. The van der Waals surface area contributed by atoms with Crippen molar-refractivity contribution in [3.05, 3.63) is 106 Å². The lowest BCUT2D eigenvalue weighted by Gasteiger charge is -2.49. The molecule has 0 radical (unpaired) electrons. The second-order valence-electron chi connectivity index (χ2n) is 14.1. The van der Waals surface area contributed by atoms with Crippen LogP contribution in [0.2, 0.25) is 0 Å². The predicted octanol–water partition coefficient (Wildman–Crippen LogP) is 8.45. The SMILES string of the molecule is C=C/C=C1\C(=C/C)C(=O)OC12c1cc3c(cc1C(C)(C)c1cc4c(cc12)C(C)=CC(C)(C)N4C)N(C)C(C)(C)C=C3C. The van der Waals surface area contributed by atoms with E-state index in [9.17, 15) is 4.79 Å². The second kappa shape index (κ2) is 8.63. The van der Waals surface area contributed by atoms with Crippen LogP contribution in [0.5, 0.6) is 0 Å². The minimum absolute atomic E-state index is 0.122. The quantitative estimate of drug-likeness (QED) is 0.259. The first kappa shape index (κ1) is 28.3. The molecular weight excluding hydrogens is 516 g/mol. The average Bonchev–Trinajstić information content (AvgIpc) is 3.19. The fraction of sp³-hybridized carbons (Fsp3) is 0.395. The summed E-state index contributed by atoms with van der Waals surface area (Å²) in [7, 11) is 4.35. The van der Waals surface area contributed by atoms with Crippen LogP contribution in [0.25, 0.3) is 11.1 Å². The van der Waals surface area contributed by atoms with Gasteiger partial charge in [0, 0.05) is 58.7 Å². The van der Waals surface area contributed by atoms with Crippen molar-refractivity contribution in [2.24, 2.45) is 0 Å². The molecular formula is C38H44N2O2. The summed E-state index contributed by atoms with van der Waals surface area (Å²) in [4.78, 5) is 18.5. The van der Waals surface area contributed by atoms with Crippen LogP contribution < -0.4 is 9.80 Å². The number of carbonyl (C=O) groups is 1. The molecule has 0 N–H and O–H groups in total. The number of allylic oxidation sites excluding steroid dienone is 5. The van der Waals surface area contributed by atoms with Crippen molar-refractivity contribution in [3.63, 3.8) is 0 Å². The summed E-state index contributed by atoms with van der Waals surface area (Å²) in [5.74, 6) is -0.298. The third-order valence-electron chi connectivity index (χ3n) is 10.5. The van der Waals surface area contributed by atoms with Gasteiger partial charge in [-0.15, -0.1) is 0 Å². The van der Waals surface area contributed by atoms with E-state index in [-0.39, 0.29) is 22.5 Å². The van der Waals surface area contributed by atoms with E-state index in [2.05, 4.69) is 122 Å². The molecule has 6 rings (SSSR count). The molecule has 1 aliphatic carbocycles. The number of rotatable bonds is 1. The molecule has 2 aromatic rings. The molecule has 1 saturated heterocycles. The van der Waals surface area contributed by atoms with Gasteiger partial charge in [-0.25, -0.2) is 4.79 Å². The predicted molar refractivity (Wildman–Crippen MR) is 176 cm³/mol. The number of hydrogen-bond acceptors (Lipinski definition) is 4. The van der Waals surface area contributed by atoms with Crippen LogP contribution in [0.15, 0.2) is 72.4 Å². The Morgan fingerprint density at radius 1 is 0.762 bits per heavy atom. The standard InChI is InChI=1S/C38H44N2O2/c1-13-15-27-24(14-2)34(41)42-38(27)30-16-25-22(3)20-35(5,6)39(11)32(25)18-28(30)37(9,10)29-19-33-26(17-31(29)38)23(4)21-36(7,8)40(33)12/h13-21H,1H2,2-12H3/b24-14+,27-15+. The number of benzene rings is 2. The van der Waals surface area contributed by atoms with Gasteiger partial charge >= 0.3 is 5.97 Å². The molecule has 4 aliphatic rings. The molecule has 3 heterocycles. The van der Waals surface area contributed by atoms with E-state index < -0.39 is 5.60 Å². The van der Waals surface area contributed by atoms with Crippen molar-refractivity contribution in [2.45, 2.75) is 84.4 Å². The molecule has 218 valence electrons. The molecule has 0 amide bonds. The van der Waals surface area contributed by atoms with Gasteiger partial charge in [0.2, 0.25) is 0 Å². The van der Waals surface area contributed by atoms with E-state index in [1.807, 2.05) is 19.1 Å². The molecule has 4 heteroatoms. The maximum absolute atomic E-state index is 13.7. The van der Waals surface area contributed by atoms with E-state index in [0.29, 0.717) is 5.57 Å². The van der Waals surface area contributed by atoms with Gasteiger partial charge in [-0.05, 0) is 95.0 Å². The number of anilines is 2. The first-order chi connectivity index (χ1) is 19.5. The Balaban J connectivity index is 1.79. The van der Waals surface area contributed by atoms with Crippen LogP contribution in [0.3, 0.4) is 0 Å². The Bertz CT molecular complexity index is 1630. The van der Waals surface area contributed by atoms with Gasteiger partial charge in [0.15, 0.2) is 5.60 Å². The largest absolute Gasteiger partial charge is 0.441 e. The fourth-order valence-corrected chi connectivity index (χ4v) is 7.85. The van der Waals surface area contributed by atoms with Crippen LogP contribution in [0.4, 0.5) is 11.4 Å². The van der Waals surface area contributed by atoms with Gasteiger partial charge < -0.3 is 14.5 Å². The minimum Gasteiger partial charge on any atom is -0.441 e. The van der Waals surface area contributed by atoms with E-state index in [1.165, 1.54) is 44.8 Å². The van der Waals surface area contributed by atoms with E-state index >= 15 is 0 Å². The highest BCUT2D eigenvalue weighted by molar-refractivity contribution is 6.00. The lowest BCUT2D eigenvalue weighted by molar-refractivity contribution is -0.143. The van der Waals surface area contributed by atoms with Crippen LogP contribution in [0, 0.1) is 0 Å². The number of likely N-dealkylation sites (N-methyl/N-ethyl adjacent to an activating group) is 2. The highest BCUT2D eigenvalue weighted by Gasteiger charge is 2.58. The molecule has 4 nitrogen and oxygen atoms in total. The zero-order valence-corrected chi connectivity index (χ0v) is 27.1. The molecule has 3 aliphatic heterocycles. The zero-order chi connectivity index (χ0) is 30.7. The molecule has 1 spiro atoms. The van der Waals surface area contributed by atoms with Crippen molar-refractivity contribution in [1.82, 2.24) is 0 Å². The molecule has 0 atom stereocenters. The Morgan fingerprint density at radius 3 is 1.62 bits per heavy atom. The topological polar surface area (TPSA) is 32.8 Å². The summed E-state index contributed by atoms with van der Waals surface area (Å²) >= 11 is 0. The highest BCUT2D eigenvalue weighted by atomic mass is 16.6. The van der Waals surface area contributed by atoms with Crippen molar-refractivity contribution < 1.29 is 9.53 Å². The van der Waals surface area contributed by atoms with Gasteiger partial charge in [-0.2, -0.15) is 0 Å². The molecule has 0 unspecified atom stereocenters. The molecule has 0 bridgehead atoms. The Kier molecular flexibility index (Phi) is 5.82. The van der Waals surface area contributed by atoms with E-state index in [4.69, 9.17) is 4.74 Å². The summed E-state index contributed by atoms with van der Waals surface area (Å²) in [6.07, 6.45) is 10.3. The zero-order valence-electron chi connectivity index (χ0n) is 27.1. The molecule has 0 saturated carbocycles. The lowest BCUT2D eigenvalue weighted by atomic mass is 9.60. The Morgan fingerprint density at radius 2 is 1.21 bits per heavy atom. The van der Waals surface area contributed by atoms with Crippen LogP contribution in [-0.4, -0.2) is 31.1 Å². The van der Waals surface area contributed by atoms with Crippen molar-refractivity contribution in [3.8, 4) is 0 Å². The van der Waals surface area contributed by atoms with E-state index in [1.54, 1.807) is 6.08 Å². The third-order valence-corrected chi connectivity index (χ3v) is 10.5. The summed E-state index contributed by atoms with van der Waals surface area (Å²) in [6, 6.07) is 9.32. The Hall–Kier alpha value is -3.79. The molecule has 2 aromatic carbocycles. The number of hydrogen-bond donors (Lipinski definition) is 0. The van der Waals surface area contributed by atoms with Gasteiger partial charge in [0.05, 0.1) is 16.7 Å². The van der Waals surface area contributed by atoms with Crippen LogP contribution in [-0.2, 0) is 20.5 Å². The number of fused-ring (bicyclic) bond motifs is 6. The smallest absolute Gasteiger partial charge is 0.339 e. The number of nitrogens with zero attached hydrogens (tertiary/aromatic N) is 2. The minimum atomic E-state index is -1.09. The fourth-order valence-electron chi connectivity index (χ4n) is 7.85. The lowest BCUT2D eigenvalue weighted by Crippen LogP contribution is -2.45. The van der Waals surface area contributed by atoms with Gasteiger partial charge in [0.25, 0.3) is 0 Å². The summed E-state index contributed by atoms with van der Waals surface area (Å²) < 4.78 is 6.70. The Labute approximate surface area is 251 Å².